The predicted octanol–water partition coefficient (Wildman–Crippen LogP) is 5.02. The smallest absolute Gasteiger partial charge is 0.225 e. The fourth-order valence-electron chi connectivity index (χ4n) is 2.63. The molecule has 0 unspecified atom stereocenters. The van der Waals surface area contributed by atoms with E-state index in [1.807, 2.05) is 18.2 Å². The lowest BCUT2D eigenvalue weighted by molar-refractivity contribution is 1.00. The lowest BCUT2D eigenvalue weighted by atomic mass is 10.2. The Kier molecular flexibility index (Phi) is 4.90. The van der Waals surface area contributed by atoms with Crippen LogP contribution in [0, 0.1) is 0 Å². The average molecular weight is 367 g/mol. The summed E-state index contributed by atoms with van der Waals surface area (Å²) in [5.74, 6) is 1.54. The Balaban J connectivity index is 1.52. The van der Waals surface area contributed by atoms with E-state index >= 15 is 0 Å². The van der Waals surface area contributed by atoms with Crippen LogP contribution in [-0.2, 0) is 13.0 Å². The molecule has 0 amide bonds. The third kappa shape index (κ3) is 3.97. The zero-order chi connectivity index (χ0) is 16.9. The first-order valence-corrected chi connectivity index (χ1v) is 9.94. The van der Waals surface area contributed by atoms with Gasteiger partial charge in [-0.2, -0.15) is 4.98 Å². The third-order valence-corrected chi connectivity index (χ3v) is 5.66. The van der Waals surface area contributed by atoms with Crippen LogP contribution in [0.15, 0.2) is 59.3 Å². The van der Waals surface area contributed by atoms with Crippen molar-refractivity contribution in [1.82, 2.24) is 9.97 Å². The molecule has 0 spiro atoms. The molecule has 0 saturated carbocycles. The second-order valence-corrected chi connectivity index (χ2v) is 7.67. The van der Waals surface area contributed by atoms with E-state index in [0.29, 0.717) is 5.95 Å². The fraction of sp³-hybridized carbons (Fsp3) is 0.158. The van der Waals surface area contributed by atoms with Gasteiger partial charge in [-0.1, -0.05) is 24.3 Å². The number of nitrogens with one attached hydrogen (secondary N) is 2. The van der Waals surface area contributed by atoms with E-state index in [-0.39, 0.29) is 0 Å². The third-order valence-electron chi connectivity index (χ3n) is 3.85. The number of benzene rings is 1. The highest BCUT2D eigenvalue weighted by Gasteiger charge is 2.07. The number of hydrogen-bond acceptors (Lipinski definition) is 6. The Morgan fingerprint density at radius 3 is 2.40 bits per heavy atom. The minimum atomic E-state index is 0.670. The van der Waals surface area contributed by atoms with Crippen LogP contribution in [0.3, 0.4) is 0 Å². The van der Waals surface area contributed by atoms with E-state index in [4.69, 9.17) is 4.98 Å². The fourth-order valence-corrected chi connectivity index (χ4v) is 3.98. The van der Waals surface area contributed by atoms with Gasteiger partial charge in [0.2, 0.25) is 5.95 Å². The number of para-hydroxylation sites is 1. The van der Waals surface area contributed by atoms with Crippen LogP contribution in [0.5, 0.6) is 0 Å². The van der Waals surface area contributed by atoms with Crippen molar-refractivity contribution in [3.8, 4) is 0 Å². The van der Waals surface area contributed by atoms with Crippen molar-refractivity contribution in [2.75, 3.05) is 17.2 Å². The molecule has 0 atom stereocenters. The number of anilines is 2. The molecule has 0 fully saturated rings. The highest BCUT2D eigenvalue weighted by atomic mass is 32.1. The summed E-state index contributed by atoms with van der Waals surface area (Å²) in [6.07, 6.45) is 0.978. The molecule has 0 aliphatic rings. The number of fused-ring (bicyclic) bond motifs is 1. The molecule has 3 heterocycles. The van der Waals surface area contributed by atoms with Gasteiger partial charge in [-0.05, 0) is 41.4 Å². The topological polar surface area (TPSA) is 49.8 Å². The van der Waals surface area contributed by atoms with E-state index in [9.17, 15) is 0 Å². The summed E-state index contributed by atoms with van der Waals surface area (Å²) < 4.78 is 0. The minimum absolute atomic E-state index is 0.670. The molecule has 3 aromatic heterocycles. The molecule has 6 heteroatoms. The normalized spacial score (nSPS) is 10.9. The summed E-state index contributed by atoms with van der Waals surface area (Å²) in [4.78, 5) is 12.0. The van der Waals surface area contributed by atoms with Crippen molar-refractivity contribution in [3.05, 3.63) is 69.0 Å². The first-order chi connectivity index (χ1) is 12.4. The van der Waals surface area contributed by atoms with Gasteiger partial charge in [0.05, 0.1) is 12.1 Å². The van der Waals surface area contributed by atoms with Gasteiger partial charge in [0.15, 0.2) is 0 Å². The van der Waals surface area contributed by atoms with Crippen molar-refractivity contribution in [3.63, 3.8) is 0 Å². The van der Waals surface area contributed by atoms with Gasteiger partial charge >= 0.3 is 0 Å². The van der Waals surface area contributed by atoms with Crippen LogP contribution >= 0.6 is 22.7 Å². The minimum Gasteiger partial charge on any atom is -0.364 e. The van der Waals surface area contributed by atoms with E-state index in [2.05, 4.69) is 56.7 Å². The maximum atomic E-state index is 4.69. The summed E-state index contributed by atoms with van der Waals surface area (Å²) in [6, 6.07) is 16.5. The number of hydrogen-bond donors (Lipinski definition) is 2. The quantitative estimate of drug-likeness (QED) is 0.482. The zero-order valence-corrected chi connectivity index (χ0v) is 15.2. The van der Waals surface area contributed by atoms with E-state index in [1.54, 1.807) is 22.7 Å². The highest BCUT2D eigenvalue weighted by molar-refractivity contribution is 7.10. The zero-order valence-electron chi connectivity index (χ0n) is 13.6. The second-order valence-electron chi connectivity index (χ2n) is 5.60. The van der Waals surface area contributed by atoms with E-state index in [1.165, 1.54) is 9.75 Å². The maximum Gasteiger partial charge on any atom is 0.225 e. The molecule has 0 aliphatic heterocycles. The Morgan fingerprint density at radius 2 is 1.60 bits per heavy atom. The lowest BCUT2D eigenvalue weighted by Crippen LogP contribution is -2.10. The van der Waals surface area contributed by atoms with Gasteiger partial charge < -0.3 is 10.6 Å². The SMILES string of the molecule is c1csc(CCNc2nc(NCc3cccs3)c3ccccc3n2)c1. The molecule has 4 aromatic rings. The monoisotopic (exact) mass is 366 g/mol. The highest BCUT2D eigenvalue weighted by Crippen LogP contribution is 2.23. The summed E-state index contributed by atoms with van der Waals surface area (Å²) in [5.41, 5.74) is 0.949. The van der Waals surface area contributed by atoms with Gasteiger partial charge in [-0.15, -0.1) is 22.7 Å². The number of nitrogens with zero attached hydrogens (tertiary/aromatic N) is 2. The van der Waals surface area contributed by atoms with Crippen LogP contribution in [0.2, 0.25) is 0 Å². The Bertz CT molecular complexity index is 933. The molecule has 2 N–H and O–H groups in total. The summed E-state index contributed by atoms with van der Waals surface area (Å²) in [5, 5.41) is 12.1. The Morgan fingerprint density at radius 1 is 0.800 bits per heavy atom. The average Bonchev–Trinajstić information content (AvgIpc) is 3.33. The first kappa shape index (κ1) is 16.1. The summed E-state index contributed by atoms with van der Waals surface area (Å²) in [7, 11) is 0. The van der Waals surface area contributed by atoms with Gasteiger partial charge in [0, 0.05) is 21.7 Å². The summed E-state index contributed by atoms with van der Waals surface area (Å²) in [6.45, 7) is 1.59. The Hall–Kier alpha value is -2.44. The van der Waals surface area contributed by atoms with Crippen LogP contribution in [0.25, 0.3) is 10.9 Å². The standard InChI is InChI=1S/C19H18N4S2/c1-2-8-17-16(7-1)18(21-13-15-6-4-12-25-15)23-19(22-17)20-10-9-14-5-3-11-24-14/h1-8,11-12H,9-10,13H2,(H2,20,21,22,23). The van der Waals surface area contributed by atoms with E-state index in [0.717, 1.165) is 36.2 Å². The number of aromatic nitrogens is 2. The molecule has 25 heavy (non-hydrogen) atoms. The molecule has 126 valence electrons. The molecule has 0 saturated heterocycles. The van der Waals surface area contributed by atoms with Crippen LogP contribution in [0.4, 0.5) is 11.8 Å². The van der Waals surface area contributed by atoms with Gasteiger partial charge in [0.25, 0.3) is 0 Å². The van der Waals surface area contributed by atoms with E-state index < -0.39 is 0 Å². The molecular formula is C19H18N4S2. The molecule has 0 aliphatic carbocycles. The maximum absolute atomic E-state index is 4.69. The number of thiophene rings is 2. The van der Waals surface area contributed by atoms with Crippen LogP contribution in [-0.4, -0.2) is 16.5 Å². The van der Waals surface area contributed by atoms with Crippen LogP contribution < -0.4 is 10.6 Å². The predicted molar refractivity (Wildman–Crippen MR) is 108 cm³/mol. The first-order valence-electron chi connectivity index (χ1n) is 8.18. The van der Waals surface area contributed by atoms with Crippen molar-refractivity contribution < 1.29 is 0 Å². The Labute approximate surface area is 154 Å². The van der Waals surface area contributed by atoms with Gasteiger partial charge in [-0.25, -0.2) is 4.98 Å². The van der Waals surface area contributed by atoms with Crippen molar-refractivity contribution in [2.45, 2.75) is 13.0 Å². The summed E-state index contributed by atoms with van der Waals surface area (Å²) >= 11 is 3.52. The molecule has 1 aromatic carbocycles. The van der Waals surface area contributed by atoms with Crippen molar-refractivity contribution in [1.29, 1.82) is 0 Å². The number of rotatable bonds is 7. The lowest BCUT2D eigenvalue weighted by Gasteiger charge is -2.11. The van der Waals surface area contributed by atoms with Crippen molar-refractivity contribution in [2.24, 2.45) is 0 Å². The molecular weight excluding hydrogens is 348 g/mol. The second kappa shape index (κ2) is 7.63. The van der Waals surface area contributed by atoms with Crippen molar-refractivity contribution >= 4 is 45.3 Å². The molecule has 4 nitrogen and oxygen atoms in total. The van der Waals surface area contributed by atoms with Gasteiger partial charge in [0.1, 0.15) is 5.82 Å². The molecule has 0 radical (unpaired) electrons. The molecule has 0 bridgehead atoms. The van der Waals surface area contributed by atoms with Crippen LogP contribution in [0.1, 0.15) is 9.75 Å². The largest absolute Gasteiger partial charge is 0.364 e. The molecule has 4 rings (SSSR count). The van der Waals surface area contributed by atoms with Gasteiger partial charge in [-0.3, -0.25) is 0 Å².